The molecular formula is C12H21N3O2S. The zero-order chi connectivity index (χ0) is 13.5. The Balaban J connectivity index is 2.48. The zero-order valence-electron chi connectivity index (χ0n) is 11.4. The summed E-state index contributed by atoms with van der Waals surface area (Å²) in [6.45, 7) is 5.94. The summed E-state index contributed by atoms with van der Waals surface area (Å²) in [6.07, 6.45) is 1.04. The first-order chi connectivity index (χ1) is 8.54. The topological polar surface area (TPSA) is 54.5 Å². The van der Waals surface area contributed by atoms with Crippen molar-refractivity contribution in [1.29, 1.82) is 0 Å². The van der Waals surface area contributed by atoms with E-state index in [0.717, 1.165) is 29.5 Å². The number of anilines is 1. The highest BCUT2D eigenvalue weighted by Gasteiger charge is 2.15. The van der Waals surface area contributed by atoms with E-state index in [1.807, 2.05) is 21.0 Å². The quantitative estimate of drug-likeness (QED) is 0.607. The van der Waals surface area contributed by atoms with Gasteiger partial charge in [0.05, 0.1) is 6.61 Å². The maximum absolute atomic E-state index is 11.6. The van der Waals surface area contributed by atoms with E-state index in [1.165, 1.54) is 11.3 Å². The number of carbonyl (C=O) groups is 1. The fourth-order valence-corrected chi connectivity index (χ4v) is 2.28. The van der Waals surface area contributed by atoms with Crippen LogP contribution in [0.15, 0.2) is 0 Å². The maximum atomic E-state index is 11.6. The fraction of sp³-hybridized carbons (Fsp3) is 0.667. The van der Waals surface area contributed by atoms with Crippen molar-refractivity contribution >= 4 is 22.4 Å². The Hall–Kier alpha value is -1.14. The van der Waals surface area contributed by atoms with Gasteiger partial charge in [-0.25, -0.2) is 9.78 Å². The van der Waals surface area contributed by atoms with E-state index < -0.39 is 0 Å². The summed E-state index contributed by atoms with van der Waals surface area (Å²) in [4.78, 5) is 18.9. The highest BCUT2D eigenvalue weighted by Crippen LogP contribution is 2.22. The number of ether oxygens (including phenoxy) is 1. The van der Waals surface area contributed by atoms with E-state index in [-0.39, 0.29) is 5.97 Å². The number of esters is 1. The van der Waals surface area contributed by atoms with E-state index in [4.69, 9.17) is 4.74 Å². The molecule has 0 radical (unpaired) electrons. The Kier molecular flexibility index (Phi) is 6.07. The predicted molar refractivity (Wildman–Crippen MR) is 74.5 cm³/mol. The summed E-state index contributed by atoms with van der Waals surface area (Å²) in [5.74, 6) is -0.340. The normalized spacial score (nSPS) is 10.7. The molecule has 1 rings (SSSR count). The van der Waals surface area contributed by atoms with Gasteiger partial charge in [0.25, 0.3) is 0 Å². The number of carbonyl (C=O) groups excluding carboxylic acids is 1. The molecule has 1 heterocycles. The molecule has 0 aliphatic carbocycles. The molecule has 18 heavy (non-hydrogen) atoms. The van der Waals surface area contributed by atoms with Gasteiger partial charge in [-0.2, -0.15) is 0 Å². The van der Waals surface area contributed by atoms with Crippen LogP contribution < -0.4 is 5.32 Å². The lowest BCUT2D eigenvalue weighted by atomic mass is 10.4. The van der Waals surface area contributed by atoms with Gasteiger partial charge in [0, 0.05) is 11.4 Å². The minimum absolute atomic E-state index is 0.340. The SMILES string of the molecule is CCOC(=O)c1nc(NCCCN(C)C)sc1C. The highest BCUT2D eigenvalue weighted by molar-refractivity contribution is 7.15. The number of nitrogens with one attached hydrogen (secondary N) is 1. The summed E-state index contributed by atoms with van der Waals surface area (Å²) < 4.78 is 4.95. The van der Waals surface area contributed by atoms with E-state index in [9.17, 15) is 4.79 Å². The molecule has 0 aliphatic rings. The number of nitrogens with zero attached hydrogens (tertiary/aromatic N) is 2. The summed E-state index contributed by atoms with van der Waals surface area (Å²) in [5, 5.41) is 4.02. The van der Waals surface area contributed by atoms with Gasteiger partial charge in [0.1, 0.15) is 0 Å². The maximum Gasteiger partial charge on any atom is 0.358 e. The molecule has 0 saturated carbocycles. The first-order valence-electron chi connectivity index (χ1n) is 6.07. The second-order valence-electron chi connectivity index (χ2n) is 4.23. The Morgan fingerprint density at radius 3 is 2.83 bits per heavy atom. The largest absolute Gasteiger partial charge is 0.461 e. The zero-order valence-corrected chi connectivity index (χ0v) is 12.3. The van der Waals surface area contributed by atoms with Crippen molar-refractivity contribution in [2.24, 2.45) is 0 Å². The molecule has 6 heteroatoms. The standard InChI is InChI=1S/C12H21N3O2S/c1-5-17-11(16)10-9(2)18-12(14-10)13-7-6-8-15(3)4/h5-8H2,1-4H3,(H,13,14). The average Bonchev–Trinajstić information content (AvgIpc) is 2.66. The van der Waals surface area contributed by atoms with Crippen LogP contribution >= 0.6 is 11.3 Å². The predicted octanol–water partition coefficient (Wildman–Crippen LogP) is 1.99. The molecule has 0 bridgehead atoms. The summed E-state index contributed by atoms with van der Waals surface area (Å²) in [7, 11) is 4.10. The average molecular weight is 271 g/mol. The van der Waals surface area contributed by atoms with Gasteiger partial charge in [-0.1, -0.05) is 0 Å². The van der Waals surface area contributed by atoms with Crippen molar-refractivity contribution in [3.05, 3.63) is 10.6 Å². The summed E-state index contributed by atoms with van der Waals surface area (Å²) in [5.41, 5.74) is 0.428. The Morgan fingerprint density at radius 2 is 2.22 bits per heavy atom. The number of rotatable bonds is 7. The van der Waals surface area contributed by atoms with Crippen LogP contribution in [0.5, 0.6) is 0 Å². The minimum atomic E-state index is -0.340. The third kappa shape index (κ3) is 4.62. The molecule has 0 amide bonds. The van der Waals surface area contributed by atoms with Crippen LogP contribution in [0.2, 0.25) is 0 Å². The van der Waals surface area contributed by atoms with Gasteiger partial charge >= 0.3 is 5.97 Å². The van der Waals surface area contributed by atoms with Crippen LogP contribution in [0, 0.1) is 6.92 Å². The molecule has 0 spiro atoms. The smallest absolute Gasteiger partial charge is 0.358 e. The van der Waals surface area contributed by atoms with Crippen molar-refractivity contribution in [2.75, 3.05) is 39.1 Å². The van der Waals surface area contributed by atoms with Crippen LogP contribution in [0.4, 0.5) is 5.13 Å². The number of thiazole rings is 1. The number of aryl methyl sites for hydroxylation is 1. The van der Waals surface area contributed by atoms with Crippen molar-refractivity contribution in [3.8, 4) is 0 Å². The second kappa shape index (κ2) is 7.33. The van der Waals surface area contributed by atoms with Crippen LogP contribution in [-0.2, 0) is 4.74 Å². The van der Waals surface area contributed by atoms with Gasteiger partial charge in [0.15, 0.2) is 10.8 Å². The third-order valence-electron chi connectivity index (χ3n) is 2.32. The number of hydrogen-bond donors (Lipinski definition) is 1. The molecule has 5 nitrogen and oxygen atoms in total. The van der Waals surface area contributed by atoms with Crippen LogP contribution in [0.1, 0.15) is 28.7 Å². The molecule has 0 saturated heterocycles. The lowest BCUT2D eigenvalue weighted by molar-refractivity contribution is 0.0519. The molecule has 0 aromatic carbocycles. The Labute approximate surface area is 112 Å². The van der Waals surface area contributed by atoms with Gasteiger partial charge in [-0.05, 0) is 40.9 Å². The molecule has 0 atom stereocenters. The lowest BCUT2D eigenvalue weighted by Crippen LogP contribution is -2.16. The van der Waals surface area contributed by atoms with Crippen molar-refractivity contribution in [2.45, 2.75) is 20.3 Å². The second-order valence-corrected chi connectivity index (χ2v) is 5.43. The first-order valence-corrected chi connectivity index (χ1v) is 6.89. The Bertz CT molecular complexity index is 391. The van der Waals surface area contributed by atoms with Crippen LogP contribution in [0.3, 0.4) is 0 Å². The molecule has 1 aromatic heterocycles. The van der Waals surface area contributed by atoms with Gasteiger partial charge < -0.3 is 15.0 Å². The van der Waals surface area contributed by atoms with E-state index in [0.29, 0.717) is 12.3 Å². The van der Waals surface area contributed by atoms with Gasteiger partial charge in [0.2, 0.25) is 0 Å². The molecule has 0 fully saturated rings. The van der Waals surface area contributed by atoms with Crippen molar-refractivity contribution in [1.82, 2.24) is 9.88 Å². The summed E-state index contributed by atoms with van der Waals surface area (Å²) in [6, 6.07) is 0. The summed E-state index contributed by atoms with van der Waals surface area (Å²) >= 11 is 1.49. The Morgan fingerprint density at radius 1 is 1.50 bits per heavy atom. The van der Waals surface area contributed by atoms with Crippen LogP contribution in [-0.4, -0.2) is 49.6 Å². The molecule has 0 unspecified atom stereocenters. The van der Waals surface area contributed by atoms with Crippen molar-refractivity contribution < 1.29 is 9.53 Å². The molecule has 0 aliphatic heterocycles. The third-order valence-corrected chi connectivity index (χ3v) is 3.25. The molecule has 1 N–H and O–H groups in total. The number of aromatic nitrogens is 1. The molecular weight excluding hydrogens is 250 g/mol. The fourth-order valence-electron chi connectivity index (χ4n) is 1.45. The van der Waals surface area contributed by atoms with Crippen molar-refractivity contribution in [3.63, 3.8) is 0 Å². The lowest BCUT2D eigenvalue weighted by Gasteiger charge is -2.08. The minimum Gasteiger partial charge on any atom is -0.461 e. The first kappa shape index (κ1) is 14.9. The highest BCUT2D eigenvalue weighted by atomic mass is 32.1. The molecule has 102 valence electrons. The molecule has 1 aromatic rings. The van der Waals surface area contributed by atoms with E-state index in [2.05, 4.69) is 15.2 Å². The van der Waals surface area contributed by atoms with E-state index >= 15 is 0 Å². The monoisotopic (exact) mass is 271 g/mol. The van der Waals surface area contributed by atoms with Gasteiger partial charge in [-0.15, -0.1) is 11.3 Å². The van der Waals surface area contributed by atoms with Gasteiger partial charge in [-0.3, -0.25) is 0 Å². The van der Waals surface area contributed by atoms with E-state index in [1.54, 1.807) is 6.92 Å². The van der Waals surface area contributed by atoms with Crippen LogP contribution in [0.25, 0.3) is 0 Å². The number of hydrogen-bond acceptors (Lipinski definition) is 6.